The number of halogens is 1. The van der Waals surface area contributed by atoms with Crippen LogP contribution in [0.1, 0.15) is 5.56 Å². The summed E-state index contributed by atoms with van der Waals surface area (Å²) < 4.78 is 0. The zero-order chi connectivity index (χ0) is 13.8. The summed E-state index contributed by atoms with van der Waals surface area (Å²) in [7, 11) is 0. The van der Waals surface area contributed by atoms with Crippen LogP contribution in [-0.2, 0) is 5.75 Å². The highest BCUT2D eigenvalue weighted by molar-refractivity contribution is 7.98. The van der Waals surface area contributed by atoms with Gasteiger partial charge in [-0.25, -0.2) is 0 Å². The number of nitrogens with two attached hydrogens (primary N) is 1. The molecule has 0 aliphatic rings. The normalized spacial score (nSPS) is 10.4. The molecule has 0 fully saturated rings. The standard InChI is InChI=1S/C13H11ClN2O2S/c14-12-7-11(5-6-13(12)15)19-8-9-1-3-10(4-2-9)16(17)18/h1-7H,8,15H2. The lowest BCUT2D eigenvalue weighted by Crippen LogP contribution is -1.88. The Morgan fingerprint density at radius 2 is 1.89 bits per heavy atom. The number of benzene rings is 2. The van der Waals surface area contributed by atoms with Crippen LogP contribution in [0.15, 0.2) is 47.4 Å². The fourth-order valence-electron chi connectivity index (χ4n) is 1.48. The Balaban J connectivity index is 2.01. The second kappa shape index (κ2) is 5.95. The maximum absolute atomic E-state index is 10.5. The monoisotopic (exact) mass is 294 g/mol. The lowest BCUT2D eigenvalue weighted by atomic mass is 10.2. The van der Waals surface area contributed by atoms with Gasteiger partial charge in [0.15, 0.2) is 0 Å². The first-order valence-corrected chi connectivity index (χ1v) is 6.84. The molecule has 0 unspecified atom stereocenters. The van der Waals surface area contributed by atoms with E-state index in [0.29, 0.717) is 10.7 Å². The Kier molecular flexibility index (Phi) is 4.29. The molecule has 0 bridgehead atoms. The first-order valence-electron chi connectivity index (χ1n) is 5.47. The zero-order valence-corrected chi connectivity index (χ0v) is 11.4. The predicted octanol–water partition coefficient (Wildman–Crippen LogP) is 4.12. The van der Waals surface area contributed by atoms with Crippen LogP contribution in [0.3, 0.4) is 0 Å². The minimum absolute atomic E-state index is 0.101. The third-order valence-corrected chi connectivity index (χ3v) is 3.92. The molecule has 2 aromatic carbocycles. The number of nitro groups is 1. The van der Waals surface area contributed by atoms with Gasteiger partial charge in [-0.05, 0) is 23.8 Å². The van der Waals surface area contributed by atoms with Crippen LogP contribution in [0.5, 0.6) is 0 Å². The van der Waals surface area contributed by atoms with Gasteiger partial charge in [-0.15, -0.1) is 11.8 Å². The quantitative estimate of drug-likeness (QED) is 0.398. The Hall–Kier alpha value is -1.72. The van der Waals surface area contributed by atoms with Crippen molar-refractivity contribution in [3.05, 3.63) is 63.2 Å². The van der Waals surface area contributed by atoms with Gasteiger partial charge in [-0.2, -0.15) is 0 Å². The lowest BCUT2D eigenvalue weighted by Gasteiger charge is -2.04. The van der Waals surface area contributed by atoms with Crippen molar-refractivity contribution in [2.24, 2.45) is 0 Å². The molecule has 0 radical (unpaired) electrons. The zero-order valence-electron chi connectivity index (χ0n) is 9.88. The van der Waals surface area contributed by atoms with Crippen LogP contribution in [0.2, 0.25) is 5.02 Å². The van der Waals surface area contributed by atoms with Crippen LogP contribution in [0.25, 0.3) is 0 Å². The number of non-ortho nitro benzene ring substituents is 1. The molecule has 6 heteroatoms. The van der Waals surface area contributed by atoms with Crippen molar-refractivity contribution in [2.45, 2.75) is 10.6 Å². The number of rotatable bonds is 4. The van der Waals surface area contributed by atoms with Crippen LogP contribution in [-0.4, -0.2) is 4.92 Å². The summed E-state index contributed by atoms with van der Waals surface area (Å²) >= 11 is 7.54. The average molecular weight is 295 g/mol. The van der Waals surface area contributed by atoms with Crippen molar-refractivity contribution in [1.82, 2.24) is 0 Å². The summed E-state index contributed by atoms with van der Waals surface area (Å²) in [6, 6.07) is 12.0. The molecule has 19 heavy (non-hydrogen) atoms. The van der Waals surface area contributed by atoms with Gasteiger partial charge in [0.1, 0.15) is 0 Å². The molecule has 0 heterocycles. The number of hydrogen-bond donors (Lipinski definition) is 1. The highest BCUT2D eigenvalue weighted by Crippen LogP contribution is 2.28. The minimum atomic E-state index is -0.406. The van der Waals surface area contributed by atoms with Gasteiger partial charge in [-0.3, -0.25) is 10.1 Å². The number of nitrogens with zero attached hydrogens (tertiary/aromatic N) is 1. The molecular formula is C13H11ClN2O2S. The predicted molar refractivity (Wildman–Crippen MR) is 78.5 cm³/mol. The third-order valence-electron chi connectivity index (χ3n) is 2.52. The highest BCUT2D eigenvalue weighted by Gasteiger charge is 2.05. The maximum Gasteiger partial charge on any atom is 0.269 e. The number of anilines is 1. The highest BCUT2D eigenvalue weighted by atomic mass is 35.5. The number of thioether (sulfide) groups is 1. The third kappa shape index (κ3) is 3.62. The topological polar surface area (TPSA) is 69.2 Å². The van der Waals surface area contributed by atoms with E-state index in [2.05, 4.69) is 0 Å². The van der Waals surface area contributed by atoms with Gasteiger partial charge in [-0.1, -0.05) is 23.7 Å². The molecule has 0 saturated carbocycles. The second-order valence-corrected chi connectivity index (χ2v) is 5.35. The van der Waals surface area contributed by atoms with Gasteiger partial charge >= 0.3 is 0 Å². The molecule has 0 amide bonds. The fourth-order valence-corrected chi connectivity index (χ4v) is 2.61. The van der Waals surface area contributed by atoms with Crippen LogP contribution in [0, 0.1) is 10.1 Å². The van der Waals surface area contributed by atoms with Crippen LogP contribution >= 0.6 is 23.4 Å². The Labute approximate surface area is 119 Å². The van der Waals surface area contributed by atoms with E-state index in [9.17, 15) is 10.1 Å². The van der Waals surface area contributed by atoms with Gasteiger partial charge in [0.05, 0.1) is 15.6 Å². The fraction of sp³-hybridized carbons (Fsp3) is 0.0769. The Morgan fingerprint density at radius 3 is 2.47 bits per heavy atom. The van der Waals surface area contributed by atoms with E-state index < -0.39 is 4.92 Å². The first-order chi connectivity index (χ1) is 9.06. The summed E-state index contributed by atoms with van der Waals surface area (Å²) in [5, 5.41) is 11.1. The molecule has 0 atom stereocenters. The number of hydrogen-bond acceptors (Lipinski definition) is 4. The van der Waals surface area contributed by atoms with Crippen molar-refractivity contribution < 1.29 is 4.92 Å². The second-order valence-electron chi connectivity index (χ2n) is 3.90. The van der Waals surface area contributed by atoms with Crippen molar-refractivity contribution in [1.29, 1.82) is 0 Å². The van der Waals surface area contributed by atoms with Crippen molar-refractivity contribution in [3.63, 3.8) is 0 Å². The Morgan fingerprint density at radius 1 is 1.21 bits per heavy atom. The maximum atomic E-state index is 10.5. The van der Waals surface area contributed by atoms with Crippen LogP contribution < -0.4 is 5.73 Å². The SMILES string of the molecule is Nc1ccc(SCc2ccc([N+](=O)[O-])cc2)cc1Cl. The van der Waals surface area contributed by atoms with E-state index in [1.54, 1.807) is 30.0 Å². The molecule has 0 aliphatic heterocycles. The van der Waals surface area contributed by atoms with Gasteiger partial charge in [0.25, 0.3) is 5.69 Å². The van der Waals surface area contributed by atoms with E-state index in [4.69, 9.17) is 17.3 Å². The van der Waals surface area contributed by atoms with E-state index >= 15 is 0 Å². The van der Waals surface area contributed by atoms with Crippen molar-refractivity contribution in [2.75, 3.05) is 5.73 Å². The largest absolute Gasteiger partial charge is 0.398 e. The first kappa shape index (κ1) is 13.7. The van der Waals surface area contributed by atoms with E-state index in [1.807, 2.05) is 12.1 Å². The average Bonchev–Trinajstić information content (AvgIpc) is 2.40. The van der Waals surface area contributed by atoms with Gasteiger partial charge in [0, 0.05) is 22.8 Å². The molecule has 0 saturated heterocycles. The summed E-state index contributed by atoms with van der Waals surface area (Å²) in [5.74, 6) is 0.720. The summed E-state index contributed by atoms with van der Waals surface area (Å²) in [6.45, 7) is 0. The molecular weight excluding hydrogens is 284 g/mol. The minimum Gasteiger partial charge on any atom is -0.398 e. The van der Waals surface area contributed by atoms with E-state index in [1.165, 1.54) is 12.1 Å². The van der Waals surface area contributed by atoms with E-state index in [0.717, 1.165) is 16.2 Å². The molecule has 2 N–H and O–H groups in total. The van der Waals surface area contributed by atoms with Crippen LogP contribution in [0.4, 0.5) is 11.4 Å². The van der Waals surface area contributed by atoms with Crippen molar-refractivity contribution in [3.8, 4) is 0 Å². The van der Waals surface area contributed by atoms with E-state index in [-0.39, 0.29) is 5.69 Å². The number of nitrogen functional groups attached to an aromatic ring is 1. The lowest BCUT2D eigenvalue weighted by molar-refractivity contribution is -0.384. The molecule has 0 spiro atoms. The molecule has 2 rings (SSSR count). The number of nitro benzene ring substituents is 1. The molecule has 4 nitrogen and oxygen atoms in total. The molecule has 98 valence electrons. The summed E-state index contributed by atoms with van der Waals surface area (Å²) in [6.07, 6.45) is 0. The molecule has 2 aromatic rings. The summed E-state index contributed by atoms with van der Waals surface area (Å²) in [5.41, 5.74) is 7.31. The molecule has 0 aromatic heterocycles. The Bertz CT molecular complexity index is 602. The van der Waals surface area contributed by atoms with Gasteiger partial charge < -0.3 is 5.73 Å². The smallest absolute Gasteiger partial charge is 0.269 e. The summed E-state index contributed by atoms with van der Waals surface area (Å²) in [4.78, 5) is 11.1. The van der Waals surface area contributed by atoms with Crippen molar-refractivity contribution >= 4 is 34.7 Å². The molecule has 0 aliphatic carbocycles. The van der Waals surface area contributed by atoms with Gasteiger partial charge in [0.2, 0.25) is 0 Å².